The lowest BCUT2D eigenvalue weighted by molar-refractivity contribution is -0.129. The van der Waals surface area contributed by atoms with Crippen LogP contribution in [0.1, 0.15) is 67.8 Å². The van der Waals surface area contributed by atoms with Gasteiger partial charge in [-0.2, -0.15) is 0 Å². The van der Waals surface area contributed by atoms with E-state index in [9.17, 15) is 4.79 Å². The molecule has 0 fully saturated rings. The lowest BCUT2D eigenvalue weighted by Crippen LogP contribution is -2.40. The van der Waals surface area contributed by atoms with Crippen LogP contribution in [0, 0.1) is 6.92 Å². The van der Waals surface area contributed by atoms with E-state index in [4.69, 9.17) is 4.74 Å². The summed E-state index contributed by atoms with van der Waals surface area (Å²) >= 11 is 0. The molecule has 0 heterocycles. The second-order valence-electron chi connectivity index (χ2n) is 7.48. The van der Waals surface area contributed by atoms with Gasteiger partial charge >= 0.3 is 0 Å². The van der Waals surface area contributed by atoms with Crippen molar-refractivity contribution < 1.29 is 9.53 Å². The Morgan fingerprint density at radius 2 is 1.78 bits per heavy atom. The van der Waals surface area contributed by atoms with Crippen LogP contribution in [0.15, 0.2) is 42.5 Å². The van der Waals surface area contributed by atoms with Crippen molar-refractivity contribution in [2.24, 2.45) is 0 Å². The van der Waals surface area contributed by atoms with Crippen molar-refractivity contribution in [3.63, 3.8) is 0 Å². The van der Waals surface area contributed by atoms with Gasteiger partial charge in [0.15, 0.2) is 6.10 Å². The van der Waals surface area contributed by atoms with Gasteiger partial charge in [0.25, 0.3) is 5.91 Å². The number of nitrogens with one attached hydrogen (secondary N) is 1. The number of hydrogen-bond donors (Lipinski definition) is 1. The minimum Gasteiger partial charge on any atom is -0.480 e. The van der Waals surface area contributed by atoms with Gasteiger partial charge in [0.05, 0.1) is 6.04 Å². The molecule has 2 atom stereocenters. The molecule has 3 rings (SSSR count). The standard InChI is InChI=1S/C24H31NO2/c1-4-21(20-15-14-18-11-7-8-12-19(18)16-20)25-24(26)22(5-2)27-23-13-9-6-10-17(23)3/h6,9-10,13-16,21-22H,4-5,7-8,11-12H2,1-3H3,(H,25,26). The summed E-state index contributed by atoms with van der Waals surface area (Å²) in [5.74, 6) is 0.742. The second kappa shape index (κ2) is 9.07. The molecule has 144 valence electrons. The number of carbonyl (C=O) groups excluding carboxylic acids is 1. The summed E-state index contributed by atoms with van der Waals surface area (Å²) in [6.07, 6.45) is 5.92. The fraction of sp³-hybridized carbons (Fsp3) is 0.458. The highest BCUT2D eigenvalue weighted by Crippen LogP contribution is 2.26. The molecule has 2 aromatic carbocycles. The first-order valence-corrected chi connectivity index (χ1v) is 10.3. The van der Waals surface area contributed by atoms with Gasteiger partial charge in [-0.1, -0.05) is 50.2 Å². The van der Waals surface area contributed by atoms with Gasteiger partial charge < -0.3 is 10.1 Å². The quantitative estimate of drug-likeness (QED) is 0.723. The van der Waals surface area contributed by atoms with E-state index in [0.717, 1.165) is 24.2 Å². The fourth-order valence-electron chi connectivity index (χ4n) is 3.82. The first-order chi connectivity index (χ1) is 13.1. The Balaban J connectivity index is 1.71. The molecular weight excluding hydrogens is 334 g/mol. The molecule has 2 unspecified atom stereocenters. The summed E-state index contributed by atoms with van der Waals surface area (Å²) in [4.78, 5) is 12.9. The Morgan fingerprint density at radius 1 is 1.04 bits per heavy atom. The number of fused-ring (bicyclic) bond motifs is 1. The highest BCUT2D eigenvalue weighted by atomic mass is 16.5. The fourth-order valence-corrected chi connectivity index (χ4v) is 3.82. The first kappa shape index (κ1) is 19.5. The van der Waals surface area contributed by atoms with Gasteiger partial charge in [-0.25, -0.2) is 0 Å². The van der Waals surface area contributed by atoms with Crippen LogP contribution >= 0.6 is 0 Å². The van der Waals surface area contributed by atoms with Crippen LogP contribution in [0.4, 0.5) is 0 Å². The molecular formula is C24H31NO2. The molecule has 0 radical (unpaired) electrons. The molecule has 1 aliphatic carbocycles. The number of rotatable bonds is 7. The topological polar surface area (TPSA) is 38.3 Å². The van der Waals surface area contributed by atoms with E-state index in [-0.39, 0.29) is 11.9 Å². The molecule has 1 N–H and O–H groups in total. The van der Waals surface area contributed by atoms with Crippen LogP contribution in [0.3, 0.4) is 0 Å². The lowest BCUT2D eigenvalue weighted by Gasteiger charge is -2.24. The van der Waals surface area contributed by atoms with E-state index >= 15 is 0 Å². The Kier molecular flexibility index (Phi) is 6.54. The third-order valence-electron chi connectivity index (χ3n) is 5.53. The highest BCUT2D eigenvalue weighted by Gasteiger charge is 2.23. The normalized spacial score (nSPS) is 15.5. The van der Waals surface area contributed by atoms with Crippen molar-refractivity contribution in [1.82, 2.24) is 5.32 Å². The van der Waals surface area contributed by atoms with Crippen molar-refractivity contribution >= 4 is 5.91 Å². The van der Waals surface area contributed by atoms with Crippen molar-refractivity contribution in [2.75, 3.05) is 0 Å². The Hall–Kier alpha value is -2.29. The van der Waals surface area contributed by atoms with Crippen LogP contribution in [0.2, 0.25) is 0 Å². The van der Waals surface area contributed by atoms with Gasteiger partial charge in [0.1, 0.15) is 5.75 Å². The summed E-state index contributed by atoms with van der Waals surface area (Å²) in [7, 11) is 0. The summed E-state index contributed by atoms with van der Waals surface area (Å²) in [5.41, 5.74) is 5.18. The SMILES string of the molecule is CCC(Oc1ccccc1C)C(=O)NC(CC)c1ccc2c(c1)CCCC2. The maximum atomic E-state index is 12.9. The minimum atomic E-state index is -0.474. The van der Waals surface area contributed by atoms with Crippen LogP contribution in [-0.2, 0) is 17.6 Å². The number of amides is 1. The van der Waals surface area contributed by atoms with Crippen LogP contribution in [-0.4, -0.2) is 12.0 Å². The molecule has 0 saturated carbocycles. The maximum Gasteiger partial charge on any atom is 0.261 e. The van der Waals surface area contributed by atoms with Crippen LogP contribution in [0.25, 0.3) is 0 Å². The molecule has 0 saturated heterocycles. The zero-order valence-corrected chi connectivity index (χ0v) is 16.8. The molecule has 1 amide bonds. The number of para-hydroxylation sites is 1. The van der Waals surface area contributed by atoms with E-state index in [1.165, 1.54) is 36.0 Å². The monoisotopic (exact) mass is 365 g/mol. The number of ether oxygens (including phenoxy) is 1. The van der Waals surface area contributed by atoms with E-state index < -0.39 is 6.10 Å². The summed E-state index contributed by atoms with van der Waals surface area (Å²) in [6, 6.07) is 14.6. The third-order valence-corrected chi connectivity index (χ3v) is 5.53. The van der Waals surface area contributed by atoms with Crippen molar-refractivity contribution in [3.8, 4) is 5.75 Å². The van der Waals surface area contributed by atoms with Gasteiger partial charge in [-0.3, -0.25) is 4.79 Å². The Morgan fingerprint density at radius 3 is 2.48 bits per heavy atom. The molecule has 27 heavy (non-hydrogen) atoms. The molecule has 0 aromatic heterocycles. The zero-order valence-electron chi connectivity index (χ0n) is 16.8. The smallest absolute Gasteiger partial charge is 0.261 e. The molecule has 2 aromatic rings. The number of aryl methyl sites for hydroxylation is 3. The first-order valence-electron chi connectivity index (χ1n) is 10.3. The van der Waals surface area contributed by atoms with Gasteiger partial charge in [-0.15, -0.1) is 0 Å². The predicted octanol–water partition coefficient (Wildman–Crippen LogP) is 5.30. The van der Waals surface area contributed by atoms with E-state index in [2.05, 4.69) is 30.4 Å². The van der Waals surface area contributed by atoms with Crippen LogP contribution < -0.4 is 10.1 Å². The van der Waals surface area contributed by atoms with E-state index in [0.29, 0.717) is 6.42 Å². The molecule has 0 bridgehead atoms. The Labute approximate surface area is 163 Å². The molecule has 3 nitrogen and oxygen atoms in total. The Bertz CT molecular complexity index is 784. The van der Waals surface area contributed by atoms with Crippen molar-refractivity contribution in [2.45, 2.75) is 71.4 Å². The summed E-state index contributed by atoms with van der Waals surface area (Å²) in [5, 5.41) is 3.22. The predicted molar refractivity (Wildman–Crippen MR) is 110 cm³/mol. The zero-order chi connectivity index (χ0) is 19.2. The highest BCUT2D eigenvalue weighted by molar-refractivity contribution is 5.81. The van der Waals surface area contributed by atoms with E-state index in [1.54, 1.807) is 0 Å². The largest absolute Gasteiger partial charge is 0.480 e. The average molecular weight is 366 g/mol. The molecule has 0 aliphatic heterocycles. The summed E-state index contributed by atoms with van der Waals surface area (Å²) < 4.78 is 6.02. The van der Waals surface area contributed by atoms with Crippen molar-refractivity contribution in [1.29, 1.82) is 0 Å². The minimum absolute atomic E-state index is 0.0271. The van der Waals surface area contributed by atoms with Crippen molar-refractivity contribution in [3.05, 3.63) is 64.7 Å². The van der Waals surface area contributed by atoms with Gasteiger partial charge in [0.2, 0.25) is 0 Å². The van der Waals surface area contributed by atoms with Gasteiger partial charge in [0, 0.05) is 0 Å². The number of benzene rings is 2. The second-order valence-corrected chi connectivity index (χ2v) is 7.48. The molecule has 0 spiro atoms. The number of carbonyl (C=O) groups is 1. The van der Waals surface area contributed by atoms with E-state index in [1.807, 2.05) is 38.1 Å². The van der Waals surface area contributed by atoms with Crippen LogP contribution in [0.5, 0.6) is 5.75 Å². The molecule has 1 aliphatic rings. The lowest BCUT2D eigenvalue weighted by atomic mass is 9.88. The third kappa shape index (κ3) is 4.71. The van der Waals surface area contributed by atoms with Gasteiger partial charge in [-0.05, 0) is 73.8 Å². The summed E-state index contributed by atoms with van der Waals surface area (Å²) in [6.45, 7) is 6.11. The molecule has 3 heteroatoms. The number of hydrogen-bond acceptors (Lipinski definition) is 2. The maximum absolute atomic E-state index is 12.9. The average Bonchev–Trinajstić information content (AvgIpc) is 2.70.